The van der Waals surface area contributed by atoms with Gasteiger partial charge in [-0.2, -0.15) is 96.6 Å². The van der Waals surface area contributed by atoms with E-state index in [4.69, 9.17) is 0 Å². The summed E-state index contributed by atoms with van der Waals surface area (Å²) in [6, 6.07) is 0. The van der Waals surface area contributed by atoms with Crippen molar-refractivity contribution in [3.8, 4) is 0 Å². The fourth-order valence-corrected chi connectivity index (χ4v) is 1.54. The van der Waals surface area contributed by atoms with Gasteiger partial charge in [0.1, 0.15) is 0 Å². The van der Waals surface area contributed by atoms with Crippen LogP contribution in [0.5, 0.6) is 0 Å². The fourth-order valence-electron chi connectivity index (χ4n) is 1.54. The Morgan fingerprint density at radius 3 is 0.364 bits per heavy atom. The quantitative estimate of drug-likeness (QED) is 0.244. The molecule has 0 unspecified atom stereocenters. The van der Waals surface area contributed by atoms with Crippen LogP contribution in [-0.2, 0) is 0 Å². The van der Waals surface area contributed by atoms with Crippen molar-refractivity contribution in [3.63, 3.8) is 0 Å². The molecule has 0 amide bonds. The first kappa shape index (κ1) is 34.6. The molecule has 0 aromatic heterocycles. The molecule has 0 heterocycles. The minimum atomic E-state index is -9.24. The summed E-state index contributed by atoms with van der Waals surface area (Å²) in [6.07, 6.45) is -16.1. The predicted molar refractivity (Wildman–Crippen MR) is 58.8 cm³/mol. The second kappa shape index (κ2) is 8.26. The van der Waals surface area contributed by atoms with Crippen molar-refractivity contribution in [3.05, 3.63) is 0 Å². The Bertz CT molecular complexity index is 633. The van der Waals surface area contributed by atoms with Gasteiger partial charge >= 0.3 is 89.3 Å². The molecule has 0 aromatic rings. The summed E-state index contributed by atoms with van der Waals surface area (Å²) < 4.78 is 276. The molecule has 0 N–H and O–H groups in total. The molecule has 0 saturated carbocycles. The Kier molecular flexibility index (Phi) is 8.66. The first-order valence-electron chi connectivity index (χ1n) is 6.41. The van der Waals surface area contributed by atoms with Crippen LogP contribution in [0.3, 0.4) is 0 Å². The van der Waals surface area contributed by atoms with Crippen LogP contribution in [0.4, 0.5) is 96.6 Å². The van der Waals surface area contributed by atoms with Crippen molar-refractivity contribution < 1.29 is 96.6 Å². The van der Waals surface area contributed by atoms with Gasteiger partial charge in [0.05, 0.1) is 0 Å². The van der Waals surface area contributed by atoms with Crippen LogP contribution in [0.15, 0.2) is 0 Å². The molecule has 0 aromatic carbocycles. The van der Waals surface area contributed by atoms with Gasteiger partial charge in [-0.25, -0.2) is 0 Å². The van der Waals surface area contributed by atoms with E-state index in [1.165, 1.54) is 0 Å². The molecule has 0 atom stereocenters. The molecule has 0 aliphatic rings. The summed E-state index contributed by atoms with van der Waals surface area (Å²) >= 11 is 0. The Balaban J connectivity index is 0. The number of rotatable bonds is 7. The Labute approximate surface area is 186 Å². The Morgan fingerprint density at radius 1 is 0.182 bits per heavy atom. The van der Waals surface area contributed by atoms with Gasteiger partial charge in [-0.1, -0.05) is 0 Å². The van der Waals surface area contributed by atoms with Gasteiger partial charge in [0.25, 0.3) is 0 Å². The van der Waals surface area contributed by atoms with Gasteiger partial charge in [-0.3, -0.25) is 0 Å². The van der Waals surface area contributed by atoms with E-state index >= 15 is 0 Å². The zero-order valence-electron chi connectivity index (χ0n) is 13.3. The van der Waals surface area contributed by atoms with Crippen LogP contribution < -0.4 is 0 Å². The number of halogens is 22. The standard InChI is InChI=1S/C10F22.Na.H/c11-1(12,3(15,16)5(19,20)7(23,24)9(27,28)29)2(13,14)4(17,18)6(21,22)8(25,26)10(30,31)32;;. The maximum absolute atomic E-state index is 13.1. The van der Waals surface area contributed by atoms with E-state index in [1.807, 2.05) is 0 Å². The van der Waals surface area contributed by atoms with Crippen molar-refractivity contribution in [2.24, 2.45) is 0 Å². The van der Waals surface area contributed by atoms with Gasteiger partial charge in [-0.15, -0.1) is 0 Å². The molecule has 196 valence electrons. The molecule has 0 aliphatic carbocycles. The molecule has 0 aliphatic heterocycles. The average molecular weight is 562 g/mol. The third-order valence-electron chi connectivity index (χ3n) is 3.47. The fraction of sp³-hybridized carbons (Fsp3) is 1.00. The molecule has 33 heavy (non-hydrogen) atoms. The summed E-state index contributed by atoms with van der Waals surface area (Å²) in [5.74, 6) is -71.5. The number of hydrogen-bond donors (Lipinski definition) is 0. The van der Waals surface area contributed by atoms with Crippen LogP contribution in [0.2, 0.25) is 0 Å². The Hall–Kier alpha value is -0.540. The zero-order valence-corrected chi connectivity index (χ0v) is 13.3. The monoisotopic (exact) mass is 562 g/mol. The van der Waals surface area contributed by atoms with Crippen LogP contribution in [-0.4, -0.2) is 89.3 Å². The van der Waals surface area contributed by atoms with E-state index in [2.05, 4.69) is 0 Å². The third kappa shape index (κ3) is 4.22. The second-order valence-electron chi connectivity index (χ2n) is 5.59. The van der Waals surface area contributed by atoms with Gasteiger partial charge in [0, 0.05) is 0 Å². The number of hydrogen-bond acceptors (Lipinski definition) is 0. The molecular weight excluding hydrogens is 561 g/mol. The minimum absolute atomic E-state index is 0. The molecule has 0 nitrogen and oxygen atoms in total. The summed E-state index contributed by atoms with van der Waals surface area (Å²) in [5.41, 5.74) is 0. The van der Waals surface area contributed by atoms with E-state index in [1.54, 1.807) is 0 Å². The molecule has 0 radical (unpaired) electrons. The van der Waals surface area contributed by atoms with E-state index < -0.39 is 59.7 Å². The average Bonchev–Trinajstić information content (AvgIpc) is 2.51. The zero-order chi connectivity index (χ0) is 27.0. The molecule has 0 saturated heterocycles. The van der Waals surface area contributed by atoms with E-state index in [0.717, 1.165) is 0 Å². The Morgan fingerprint density at radius 2 is 0.273 bits per heavy atom. The second-order valence-corrected chi connectivity index (χ2v) is 5.59. The van der Waals surface area contributed by atoms with E-state index in [-0.39, 0.29) is 29.6 Å². The van der Waals surface area contributed by atoms with E-state index in [0.29, 0.717) is 0 Å². The SMILES string of the molecule is FC(F)(F)C(F)(F)C(F)(F)C(F)(F)C(F)(F)C(F)(F)C(F)(F)C(F)(F)C(F)(F)C(F)(F)F.[NaH]. The molecule has 0 bridgehead atoms. The summed E-state index contributed by atoms with van der Waals surface area (Å²) in [7, 11) is 0. The topological polar surface area (TPSA) is 0 Å². The van der Waals surface area contributed by atoms with Crippen LogP contribution in [0, 0.1) is 0 Å². The van der Waals surface area contributed by atoms with Crippen molar-refractivity contribution in [2.75, 3.05) is 0 Å². The summed E-state index contributed by atoms with van der Waals surface area (Å²) in [6.45, 7) is 0. The van der Waals surface area contributed by atoms with Crippen LogP contribution in [0.25, 0.3) is 0 Å². The van der Waals surface area contributed by atoms with Crippen LogP contribution >= 0.6 is 0 Å². The van der Waals surface area contributed by atoms with E-state index in [9.17, 15) is 96.6 Å². The molecule has 0 fully saturated rings. The van der Waals surface area contributed by atoms with Crippen molar-refractivity contribution in [1.29, 1.82) is 0 Å². The van der Waals surface area contributed by atoms with Crippen molar-refractivity contribution in [1.82, 2.24) is 0 Å². The maximum atomic E-state index is 13.1. The van der Waals surface area contributed by atoms with Gasteiger partial charge in [-0.05, 0) is 0 Å². The van der Waals surface area contributed by atoms with Gasteiger partial charge < -0.3 is 0 Å². The predicted octanol–water partition coefficient (Wildman–Crippen LogP) is 6.54. The molecule has 23 heteroatoms. The first-order chi connectivity index (χ1) is 13.2. The van der Waals surface area contributed by atoms with Crippen molar-refractivity contribution >= 4 is 29.6 Å². The van der Waals surface area contributed by atoms with Gasteiger partial charge in [0.15, 0.2) is 0 Å². The normalized spacial score (nSPS) is 16.5. The first-order valence-corrected chi connectivity index (χ1v) is 6.41. The van der Waals surface area contributed by atoms with Crippen molar-refractivity contribution in [2.45, 2.75) is 59.7 Å². The molecule has 0 rings (SSSR count). The molecule has 0 spiro atoms. The third-order valence-corrected chi connectivity index (χ3v) is 3.47. The summed E-state index contributed by atoms with van der Waals surface area (Å²) in [5, 5.41) is 0. The number of alkyl halides is 22. The van der Waals surface area contributed by atoms with Crippen LogP contribution in [0.1, 0.15) is 0 Å². The van der Waals surface area contributed by atoms with Gasteiger partial charge in [0.2, 0.25) is 0 Å². The molecular formula is C10HF22Na. The summed E-state index contributed by atoms with van der Waals surface area (Å²) in [4.78, 5) is 0.